The molecule has 1 amide bonds. The Hall–Kier alpha value is -1.79. The number of carbonyl (C=O) groups excluding carboxylic acids is 1. The van der Waals surface area contributed by atoms with Crippen molar-refractivity contribution >= 4 is 5.91 Å². The van der Waals surface area contributed by atoms with E-state index in [0.717, 1.165) is 12.0 Å². The second-order valence-electron chi connectivity index (χ2n) is 5.60. The first-order valence-electron chi connectivity index (χ1n) is 6.40. The van der Waals surface area contributed by atoms with Gasteiger partial charge >= 0.3 is 0 Å². The van der Waals surface area contributed by atoms with Crippen molar-refractivity contribution in [2.75, 3.05) is 13.2 Å². The van der Waals surface area contributed by atoms with Crippen LogP contribution in [0.15, 0.2) is 24.3 Å². The summed E-state index contributed by atoms with van der Waals surface area (Å²) < 4.78 is 0. The molecule has 0 fully saturated rings. The summed E-state index contributed by atoms with van der Waals surface area (Å²) in [6.07, 6.45) is 0.943. The first kappa shape index (κ1) is 15.3. The van der Waals surface area contributed by atoms with Crippen LogP contribution in [0.1, 0.15) is 43.1 Å². The van der Waals surface area contributed by atoms with Gasteiger partial charge in [-0.1, -0.05) is 32.6 Å². The van der Waals surface area contributed by atoms with Crippen LogP contribution in [-0.4, -0.2) is 24.2 Å². The lowest BCUT2D eigenvalue weighted by molar-refractivity contribution is 0.0949. The van der Waals surface area contributed by atoms with Gasteiger partial charge in [0.2, 0.25) is 0 Å². The molecule has 0 bridgehead atoms. The highest BCUT2D eigenvalue weighted by Crippen LogP contribution is 2.17. The fraction of sp³-hybridized carbons (Fsp3) is 0.438. The van der Waals surface area contributed by atoms with Crippen LogP contribution in [0.25, 0.3) is 0 Å². The van der Waals surface area contributed by atoms with Crippen LogP contribution < -0.4 is 5.32 Å². The Bertz CT molecular complexity index is 472. The zero-order valence-electron chi connectivity index (χ0n) is 11.8. The van der Waals surface area contributed by atoms with Crippen molar-refractivity contribution in [3.63, 3.8) is 0 Å². The van der Waals surface area contributed by atoms with E-state index in [2.05, 4.69) is 37.9 Å². The molecule has 1 aromatic carbocycles. The van der Waals surface area contributed by atoms with Crippen LogP contribution in [0.2, 0.25) is 0 Å². The summed E-state index contributed by atoms with van der Waals surface area (Å²) in [5.74, 6) is 5.30. The molecule has 0 aliphatic rings. The SMILES string of the molecule is CC(C)(C)CCNC(=O)c1ccc(C#CCO)cc1. The second-order valence-corrected chi connectivity index (χ2v) is 5.60. The van der Waals surface area contributed by atoms with Crippen molar-refractivity contribution in [1.29, 1.82) is 0 Å². The lowest BCUT2D eigenvalue weighted by atomic mass is 9.92. The third-order valence-electron chi connectivity index (χ3n) is 2.62. The molecule has 102 valence electrons. The molecule has 0 aliphatic heterocycles. The highest BCUT2D eigenvalue weighted by molar-refractivity contribution is 5.94. The van der Waals surface area contributed by atoms with E-state index in [1.807, 2.05) is 0 Å². The largest absolute Gasteiger partial charge is 0.384 e. The second kappa shape index (κ2) is 6.96. The van der Waals surface area contributed by atoms with Gasteiger partial charge in [0.1, 0.15) is 6.61 Å². The standard InChI is InChI=1S/C16H21NO2/c1-16(2,3)10-11-17-15(19)14-8-6-13(7-9-14)5-4-12-18/h6-9,18H,10-12H2,1-3H3,(H,17,19). The van der Waals surface area contributed by atoms with Crippen LogP contribution in [0.5, 0.6) is 0 Å². The number of nitrogens with one attached hydrogen (secondary N) is 1. The summed E-state index contributed by atoms with van der Waals surface area (Å²) in [5.41, 5.74) is 1.64. The Kier molecular flexibility index (Phi) is 5.59. The lowest BCUT2D eigenvalue weighted by Gasteiger charge is -2.18. The van der Waals surface area contributed by atoms with E-state index in [1.165, 1.54) is 0 Å². The third kappa shape index (κ3) is 6.08. The minimum absolute atomic E-state index is 0.0640. The number of rotatable bonds is 3. The normalized spacial score (nSPS) is 10.5. The average Bonchev–Trinajstić information content (AvgIpc) is 2.35. The van der Waals surface area contributed by atoms with Gasteiger partial charge in [0.25, 0.3) is 5.91 Å². The molecule has 0 aliphatic carbocycles. The summed E-state index contributed by atoms with van der Waals surface area (Å²) in [4.78, 5) is 11.9. The van der Waals surface area contributed by atoms with E-state index in [9.17, 15) is 4.79 Å². The van der Waals surface area contributed by atoms with Crippen molar-refractivity contribution < 1.29 is 9.90 Å². The van der Waals surface area contributed by atoms with Gasteiger partial charge < -0.3 is 10.4 Å². The van der Waals surface area contributed by atoms with Crippen LogP contribution in [0.3, 0.4) is 0 Å². The van der Waals surface area contributed by atoms with Gasteiger partial charge in [-0.2, -0.15) is 0 Å². The maximum atomic E-state index is 11.9. The van der Waals surface area contributed by atoms with E-state index in [1.54, 1.807) is 24.3 Å². The monoisotopic (exact) mass is 259 g/mol. The smallest absolute Gasteiger partial charge is 0.251 e. The molecule has 19 heavy (non-hydrogen) atoms. The molecule has 0 spiro atoms. The summed E-state index contributed by atoms with van der Waals surface area (Å²) in [6.45, 7) is 6.96. The molecule has 0 saturated heterocycles. The number of amides is 1. The summed E-state index contributed by atoms with van der Waals surface area (Å²) in [5, 5.41) is 11.5. The number of carbonyl (C=O) groups is 1. The molecule has 1 aromatic rings. The maximum absolute atomic E-state index is 11.9. The maximum Gasteiger partial charge on any atom is 0.251 e. The Labute approximate surface area is 115 Å². The molecule has 3 nitrogen and oxygen atoms in total. The highest BCUT2D eigenvalue weighted by Gasteiger charge is 2.11. The number of hydrogen-bond donors (Lipinski definition) is 2. The molecule has 2 N–H and O–H groups in total. The van der Waals surface area contributed by atoms with Crippen LogP contribution in [0, 0.1) is 17.3 Å². The number of benzene rings is 1. The highest BCUT2D eigenvalue weighted by atomic mass is 16.2. The lowest BCUT2D eigenvalue weighted by Crippen LogP contribution is -2.27. The number of hydrogen-bond acceptors (Lipinski definition) is 2. The Morgan fingerprint density at radius 1 is 1.26 bits per heavy atom. The van der Waals surface area contributed by atoms with Gasteiger partial charge in [-0.15, -0.1) is 0 Å². The van der Waals surface area contributed by atoms with Crippen LogP contribution in [-0.2, 0) is 0 Å². The average molecular weight is 259 g/mol. The van der Waals surface area contributed by atoms with Gasteiger partial charge in [0, 0.05) is 17.7 Å². The Morgan fingerprint density at radius 2 is 1.89 bits per heavy atom. The van der Waals surface area contributed by atoms with Crippen molar-refractivity contribution in [3.05, 3.63) is 35.4 Å². The molecule has 0 aromatic heterocycles. The molecular weight excluding hydrogens is 238 g/mol. The first-order chi connectivity index (χ1) is 8.92. The molecule has 0 saturated carbocycles. The zero-order chi connectivity index (χ0) is 14.3. The van der Waals surface area contributed by atoms with E-state index in [-0.39, 0.29) is 17.9 Å². The fourth-order valence-electron chi connectivity index (χ4n) is 1.50. The van der Waals surface area contributed by atoms with Crippen molar-refractivity contribution in [1.82, 2.24) is 5.32 Å². The molecule has 0 radical (unpaired) electrons. The number of aliphatic hydroxyl groups is 1. The van der Waals surface area contributed by atoms with Gasteiger partial charge in [-0.05, 0) is 36.1 Å². The van der Waals surface area contributed by atoms with Crippen LogP contribution >= 0.6 is 0 Å². The van der Waals surface area contributed by atoms with E-state index in [0.29, 0.717) is 12.1 Å². The molecule has 1 rings (SSSR count). The van der Waals surface area contributed by atoms with Gasteiger partial charge in [0.15, 0.2) is 0 Å². The summed E-state index contributed by atoms with van der Waals surface area (Å²) in [6, 6.07) is 7.05. The van der Waals surface area contributed by atoms with Gasteiger partial charge in [-0.3, -0.25) is 4.79 Å². The predicted molar refractivity (Wildman–Crippen MR) is 76.8 cm³/mol. The molecular formula is C16H21NO2. The van der Waals surface area contributed by atoms with Crippen molar-refractivity contribution in [2.24, 2.45) is 5.41 Å². The quantitative estimate of drug-likeness (QED) is 0.818. The van der Waals surface area contributed by atoms with Crippen molar-refractivity contribution in [2.45, 2.75) is 27.2 Å². The molecule has 0 atom stereocenters. The van der Waals surface area contributed by atoms with E-state index >= 15 is 0 Å². The van der Waals surface area contributed by atoms with E-state index < -0.39 is 0 Å². The topological polar surface area (TPSA) is 49.3 Å². The van der Waals surface area contributed by atoms with Gasteiger partial charge in [0.05, 0.1) is 0 Å². The van der Waals surface area contributed by atoms with E-state index in [4.69, 9.17) is 5.11 Å². The van der Waals surface area contributed by atoms with Gasteiger partial charge in [-0.25, -0.2) is 0 Å². The first-order valence-corrected chi connectivity index (χ1v) is 6.40. The minimum Gasteiger partial charge on any atom is -0.384 e. The third-order valence-corrected chi connectivity index (χ3v) is 2.62. The fourth-order valence-corrected chi connectivity index (χ4v) is 1.50. The predicted octanol–water partition coefficient (Wildman–Crippen LogP) is 2.20. The molecule has 3 heteroatoms. The summed E-state index contributed by atoms with van der Waals surface area (Å²) >= 11 is 0. The Balaban J connectivity index is 2.54. The molecule has 0 unspecified atom stereocenters. The Morgan fingerprint density at radius 3 is 2.42 bits per heavy atom. The minimum atomic E-state index is -0.158. The molecule has 0 heterocycles. The van der Waals surface area contributed by atoms with Crippen molar-refractivity contribution in [3.8, 4) is 11.8 Å². The zero-order valence-corrected chi connectivity index (χ0v) is 11.8. The van der Waals surface area contributed by atoms with Crippen LogP contribution in [0.4, 0.5) is 0 Å². The number of aliphatic hydroxyl groups excluding tert-OH is 1. The summed E-state index contributed by atoms with van der Waals surface area (Å²) in [7, 11) is 0.